The highest BCUT2D eigenvalue weighted by molar-refractivity contribution is 7.99. The zero-order valence-electron chi connectivity index (χ0n) is 13.9. The summed E-state index contributed by atoms with van der Waals surface area (Å²) in [7, 11) is 0. The molecule has 0 unspecified atom stereocenters. The van der Waals surface area contributed by atoms with Crippen LogP contribution in [0.15, 0.2) is 69.4 Å². The summed E-state index contributed by atoms with van der Waals surface area (Å²) in [4.78, 5) is 20.9. The lowest BCUT2D eigenvalue weighted by Crippen LogP contribution is -2.22. The third-order valence-electron chi connectivity index (χ3n) is 3.88. The van der Waals surface area contributed by atoms with Crippen LogP contribution in [0.25, 0.3) is 16.7 Å². The van der Waals surface area contributed by atoms with E-state index in [1.54, 1.807) is 30.3 Å². The summed E-state index contributed by atoms with van der Waals surface area (Å²) < 4.78 is 28.3. The third kappa shape index (κ3) is 3.48. The molecule has 4 aromatic rings. The maximum Gasteiger partial charge on any atom is 0.352 e. The number of aromatic nitrogens is 3. The Morgan fingerprint density at radius 2 is 1.75 bits per heavy atom. The number of para-hydroxylation sites is 1. The van der Waals surface area contributed by atoms with Gasteiger partial charge in [-0.3, -0.25) is 4.57 Å². The first-order chi connectivity index (χ1) is 13.4. The molecule has 4 nitrogen and oxygen atoms in total. The maximum atomic E-state index is 13.9. The van der Waals surface area contributed by atoms with Gasteiger partial charge in [-0.25, -0.2) is 18.6 Å². The summed E-state index contributed by atoms with van der Waals surface area (Å²) >= 11 is 13.5. The van der Waals surface area contributed by atoms with E-state index in [1.807, 2.05) is 0 Å². The second-order valence-corrected chi connectivity index (χ2v) is 7.55. The number of halogens is 4. The molecule has 0 amide bonds. The van der Waals surface area contributed by atoms with Crippen LogP contribution in [0, 0.1) is 11.6 Å². The van der Waals surface area contributed by atoms with Crippen LogP contribution in [-0.2, 0) is 0 Å². The van der Waals surface area contributed by atoms with Crippen molar-refractivity contribution in [2.24, 2.45) is 0 Å². The lowest BCUT2D eigenvalue weighted by Gasteiger charge is -2.13. The Bertz CT molecular complexity index is 1260. The molecule has 0 saturated carbocycles. The van der Waals surface area contributed by atoms with E-state index < -0.39 is 17.3 Å². The Hall–Kier alpha value is -2.48. The second-order valence-electron chi connectivity index (χ2n) is 5.68. The molecule has 0 spiro atoms. The largest absolute Gasteiger partial charge is 0.352 e. The zero-order chi connectivity index (χ0) is 19.8. The van der Waals surface area contributed by atoms with Crippen molar-refractivity contribution >= 4 is 46.0 Å². The number of hydrogen-bond donors (Lipinski definition) is 0. The fraction of sp³-hybridized carbons (Fsp3) is 0. The minimum absolute atomic E-state index is 0.226. The van der Waals surface area contributed by atoms with E-state index >= 15 is 0 Å². The number of rotatable bonds is 3. The van der Waals surface area contributed by atoms with E-state index in [9.17, 15) is 13.6 Å². The first kappa shape index (κ1) is 18.9. The van der Waals surface area contributed by atoms with Crippen molar-refractivity contribution in [3.8, 4) is 5.69 Å². The van der Waals surface area contributed by atoms with Gasteiger partial charge in [0.2, 0.25) is 0 Å². The van der Waals surface area contributed by atoms with Crippen LogP contribution in [0.3, 0.4) is 0 Å². The van der Waals surface area contributed by atoms with Crippen molar-refractivity contribution in [1.29, 1.82) is 0 Å². The molecule has 4 rings (SSSR count). The lowest BCUT2D eigenvalue weighted by atomic mass is 10.3. The van der Waals surface area contributed by atoms with Crippen LogP contribution in [-0.4, -0.2) is 14.5 Å². The SMILES string of the molecule is O=c1ncc2nc(Sc3ccc(F)cc3F)ccc2n1-c1c(Cl)cccc1Cl. The molecule has 0 aliphatic carbocycles. The van der Waals surface area contributed by atoms with E-state index in [-0.39, 0.29) is 14.9 Å². The average Bonchev–Trinajstić information content (AvgIpc) is 2.65. The van der Waals surface area contributed by atoms with Gasteiger partial charge >= 0.3 is 5.69 Å². The smallest absolute Gasteiger partial charge is 0.256 e. The Balaban J connectivity index is 1.84. The molecular weight excluding hydrogens is 427 g/mol. The normalized spacial score (nSPS) is 11.1. The molecule has 2 aromatic carbocycles. The fourth-order valence-corrected chi connectivity index (χ4v) is 4.02. The van der Waals surface area contributed by atoms with E-state index in [4.69, 9.17) is 23.2 Å². The monoisotopic (exact) mass is 435 g/mol. The Labute approximate surface area is 171 Å². The van der Waals surface area contributed by atoms with Crippen molar-refractivity contribution in [1.82, 2.24) is 14.5 Å². The van der Waals surface area contributed by atoms with Crippen LogP contribution >= 0.6 is 35.0 Å². The molecule has 0 fully saturated rings. The molecule has 0 atom stereocenters. The molecule has 2 heterocycles. The second kappa shape index (κ2) is 7.50. The van der Waals surface area contributed by atoms with Crippen LogP contribution in [0.4, 0.5) is 8.78 Å². The zero-order valence-corrected chi connectivity index (χ0v) is 16.2. The van der Waals surface area contributed by atoms with Gasteiger partial charge in [-0.2, -0.15) is 4.98 Å². The summed E-state index contributed by atoms with van der Waals surface area (Å²) in [6.45, 7) is 0. The Morgan fingerprint density at radius 1 is 1.00 bits per heavy atom. The van der Waals surface area contributed by atoms with Crippen LogP contribution in [0.2, 0.25) is 10.0 Å². The first-order valence-electron chi connectivity index (χ1n) is 7.90. The van der Waals surface area contributed by atoms with E-state index in [0.29, 0.717) is 21.7 Å². The first-order valence-corrected chi connectivity index (χ1v) is 9.47. The van der Waals surface area contributed by atoms with Crippen LogP contribution in [0.5, 0.6) is 0 Å². The van der Waals surface area contributed by atoms with Gasteiger partial charge in [0, 0.05) is 11.0 Å². The minimum atomic E-state index is -0.683. The highest BCUT2D eigenvalue weighted by atomic mass is 35.5. The summed E-state index contributed by atoms with van der Waals surface area (Å²) in [5.41, 5.74) is 0.581. The summed E-state index contributed by atoms with van der Waals surface area (Å²) in [5.74, 6) is -1.34. The quantitative estimate of drug-likeness (QED) is 0.425. The molecule has 0 radical (unpaired) electrons. The van der Waals surface area contributed by atoms with E-state index in [2.05, 4.69) is 9.97 Å². The van der Waals surface area contributed by atoms with E-state index in [1.165, 1.54) is 22.9 Å². The maximum absolute atomic E-state index is 13.9. The highest BCUT2D eigenvalue weighted by Gasteiger charge is 2.15. The van der Waals surface area contributed by atoms with E-state index in [0.717, 1.165) is 17.8 Å². The van der Waals surface area contributed by atoms with Crippen molar-refractivity contribution in [3.05, 3.63) is 86.9 Å². The summed E-state index contributed by atoms with van der Waals surface area (Å²) in [5, 5.41) is 1.03. The number of benzene rings is 2. The van der Waals surface area contributed by atoms with Gasteiger partial charge in [0.15, 0.2) is 0 Å². The highest BCUT2D eigenvalue weighted by Crippen LogP contribution is 2.32. The molecule has 0 N–H and O–H groups in total. The third-order valence-corrected chi connectivity index (χ3v) is 5.47. The molecule has 28 heavy (non-hydrogen) atoms. The molecular formula is C19H9Cl2F2N3OS. The molecule has 0 saturated heterocycles. The van der Waals surface area contributed by atoms with Crippen molar-refractivity contribution in [2.75, 3.05) is 0 Å². The standard InChI is InChI=1S/C19H9Cl2F2N3OS/c20-11-2-1-3-12(21)18(11)26-15-5-7-17(25-14(15)9-24-19(26)27)28-16-6-4-10(22)8-13(16)23/h1-9H. The molecule has 0 bridgehead atoms. The summed E-state index contributed by atoms with van der Waals surface area (Å²) in [6.07, 6.45) is 1.32. The number of fused-ring (bicyclic) bond motifs is 1. The van der Waals surface area contributed by atoms with Crippen molar-refractivity contribution < 1.29 is 8.78 Å². The van der Waals surface area contributed by atoms with Gasteiger partial charge in [-0.05, 0) is 36.4 Å². The fourth-order valence-electron chi connectivity index (χ4n) is 2.66. The average molecular weight is 436 g/mol. The van der Waals surface area contributed by atoms with Gasteiger partial charge in [0.25, 0.3) is 0 Å². The molecule has 0 aliphatic heterocycles. The van der Waals surface area contributed by atoms with Gasteiger partial charge in [-0.15, -0.1) is 0 Å². The molecule has 140 valence electrons. The van der Waals surface area contributed by atoms with Gasteiger partial charge in [0.05, 0.1) is 27.4 Å². The van der Waals surface area contributed by atoms with Crippen LogP contribution < -0.4 is 5.69 Å². The minimum Gasteiger partial charge on any atom is -0.256 e. The van der Waals surface area contributed by atoms with Gasteiger partial charge in [-0.1, -0.05) is 41.0 Å². The van der Waals surface area contributed by atoms with Crippen LogP contribution in [0.1, 0.15) is 0 Å². The molecule has 0 aliphatic rings. The molecule has 9 heteroatoms. The summed E-state index contributed by atoms with van der Waals surface area (Å²) in [6, 6.07) is 11.5. The Morgan fingerprint density at radius 3 is 2.46 bits per heavy atom. The van der Waals surface area contributed by atoms with Crippen molar-refractivity contribution in [2.45, 2.75) is 9.92 Å². The predicted octanol–water partition coefficient (Wildman–Crippen LogP) is 5.52. The van der Waals surface area contributed by atoms with Gasteiger partial charge in [0.1, 0.15) is 22.2 Å². The number of nitrogens with zero attached hydrogens (tertiary/aromatic N) is 3. The number of hydrogen-bond acceptors (Lipinski definition) is 4. The molecule has 2 aromatic heterocycles. The lowest BCUT2D eigenvalue weighted by molar-refractivity contribution is 0.565. The Kier molecular flexibility index (Phi) is 5.05. The topological polar surface area (TPSA) is 47.8 Å². The predicted molar refractivity (Wildman–Crippen MR) is 106 cm³/mol. The number of pyridine rings is 1. The van der Waals surface area contributed by atoms with Gasteiger partial charge < -0.3 is 0 Å². The van der Waals surface area contributed by atoms with Crippen molar-refractivity contribution in [3.63, 3.8) is 0 Å².